The molecule has 1 aliphatic heterocycles. The van der Waals surface area contributed by atoms with Gasteiger partial charge >= 0.3 is 0 Å². The summed E-state index contributed by atoms with van der Waals surface area (Å²) < 4.78 is 20.1. The first kappa shape index (κ1) is 15.3. The number of thiazole rings is 1. The van der Waals surface area contributed by atoms with Crippen LogP contribution < -0.4 is 15.0 Å². The molecule has 24 heavy (non-hydrogen) atoms. The molecule has 124 valence electrons. The number of pyridine rings is 1. The van der Waals surface area contributed by atoms with Gasteiger partial charge in [-0.15, -0.1) is 0 Å². The summed E-state index contributed by atoms with van der Waals surface area (Å²) in [7, 11) is 0. The maximum atomic E-state index is 13.4. The zero-order valence-corrected chi connectivity index (χ0v) is 13.8. The van der Waals surface area contributed by atoms with Gasteiger partial charge in [0.2, 0.25) is 0 Å². The van der Waals surface area contributed by atoms with Crippen molar-refractivity contribution in [2.75, 3.05) is 31.1 Å². The van der Waals surface area contributed by atoms with Crippen molar-refractivity contribution in [3.63, 3.8) is 0 Å². The molecule has 1 aromatic carbocycles. The molecule has 2 aromatic heterocycles. The molecule has 0 bridgehead atoms. The van der Waals surface area contributed by atoms with E-state index in [1.807, 2.05) is 12.1 Å². The normalized spacial score (nSPS) is 18.0. The highest BCUT2D eigenvalue weighted by Crippen LogP contribution is 2.31. The molecule has 0 aliphatic carbocycles. The molecule has 0 amide bonds. The van der Waals surface area contributed by atoms with Crippen molar-refractivity contribution in [3.05, 3.63) is 48.5 Å². The third-order valence-electron chi connectivity index (χ3n) is 4.01. The van der Waals surface area contributed by atoms with Crippen LogP contribution in [0.5, 0.6) is 5.75 Å². The Morgan fingerprint density at radius 3 is 3.21 bits per heavy atom. The van der Waals surface area contributed by atoms with Crippen molar-refractivity contribution in [2.24, 2.45) is 0 Å². The number of anilines is 1. The van der Waals surface area contributed by atoms with Crippen LogP contribution in [0.4, 0.5) is 9.52 Å². The Hall–Kier alpha value is -2.25. The van der Waals surface area contributed by atoms with Gasteiger partial charge in [-0.2, -0.15) is 0 Å². The molecule has 1 unspecified atom stereocenters. The summed E-state index contributed by atoms with van der Waals surface area (Å²) in [6.07, 6.45) is 3.43. The first-order valence-corrected chi connectivity index (χ1v) is 8.67. The van der Waals surface area contributed by atoms with Gasteiger partial charge in [0.15, 0.2) is 5.13 Å². The number of aromatic nitrogens is 2. The van der Waals surface area contributed by atoms with Crippen LogP contribution in [0.2, 0.25) is 0 Å². The SMILES string of the molecule is Fc1ccc2nc(N3CCNCC3COc3cccnc3)sc2c1. The van der Waals surface area contributed by atoms with Gasteiger partial charge in [0.25, 0.3) is 0 Å². The molecular formula is C17H17FN4OS. The molecule has 7 heteroatoms. The summed E-state index contributed by atoms with van der Waals surface area (Å²) in [5, 5.41) is 4.31. The van der Waals surface area contributed by atoms with Crippen LogP contribution in [0.15, 0.2) is 42.7 Å². The zero-order valence-electron chi connectivity index (χ0n) is 13.0. The predicted molar refractivity (Wildman–Crippen MR) is 93.3 cm³/mol. The summed E-state index contributed by atoms with van der Waals surface area (Å²) in [6, 6.07) is 8.65. The van der Waals surface area contributed by atoms with Gasteiger partial charge in [-0.3, -0.25) is 4.98 Å². The number of benzene rings is 1. The Morgan fingerprint density at radius 2 is 2.33 bits per heavy atom. The highest BCUT2D eigenvalue weighted by Gasteiger charge is 2.25. The van der Waals surface area contributed by atoms with Crippen molar-refractivity contribution in [3.8, 4) is 5.75 Å². The molecular weight excluding hydrogens is 327 g/mol. The number of hydrogen-bond donors (Lipinski definition) is 1. The fraction of sp³-hybridized carbons (Fsp3) is 0.294. The van der Waals surface area contributed by atoms with Crippen molar-refractivity contribution in [2.45, 2.75) is 6.04 Å². The summed E-state index contributed by atoms with van der Waals surface area (Å²) in [4.78, 5) is 11.0. The van der Waals surface area contributed by atoms with Crippen LogP contribution >= 0.6 is 11.3 Å². The minimum absolute atomic E-state index is 0.171. The van der Waals surface area contributed by atoms with Gasteiger partial charge in [-0.1, -0.05) is 11.3 Å². The zero-order chi connectivity index (χ0) is 16.4. The third kappa shape index (κ3) is 3.18. The number of nitrogens with one attached hydrogen (secondary N) is 1. The fourth-order valence-corrected chi connectivity index (χ4v) is 3.88. The predicted octanol–water partition coefficient (Wildman–Crippen LogP) is 2.69. The standard InChI is InChI=1S/C17H17FN4OS/c18-12-3-4-15-16(8-12)24-17(21-15)22-7-6-20-9-13(22)11-23-14-2-1-5-19-10-14/h1-5,8,10,13,20H,6-7,9,11H2. The molecule has 0 radical (unpaired) electrons. The minimum atomic E-state index is -0.227. The smallest absolute Gasteiger partial charge is 0.186 e. The summed E-state index contributed by atoms with van der Waals surface area (Å²) in [5.74, 6) is 0.531. The minimum Gasteiger partial charge on any atom is -0.490 e. The number of piperazine rings is 1. The number of halogens is 1. The van der Waals surface area contributed by atoms with Crippen LogP contribution in [-0.2, 0) is 0 Å². The first-order valence-electron chi connectivity index (χ1n) is 7.86. The third-order valence-corrected chi connectivity index (χ3v) is 5.07. The molecule has 3 aromatic rings. The van der Waals surface area contributed by atoms with Crippen molar-refractivity contribution >= 4 is 26.7 Å². The van der Waals surface area contributed by atoms with E-state index in [9.17, 15) is 4.39 Å². The van der Waals surface area contributed by atoms with Crippen LogP contribution in [0.3, 0.4) is 0 Å². The second-order valence-corrected chi connectivity index (χ2v) is 6.67. The maximum Gasteiger partial charge on any atom is 0.186 e. The van der Waals surface area contributed by atoms with E-state index < -0.39 is 0 Å². The average molecular weight is 344 g/mol. The van der Waals surface area contributed by atoms with Crippen molar-refractivity contribution < 1.29 is 9.13 Å². The average Bonchev–Trinajstić information content (AvgIpc) is 3.04. The topological polar surface area (TPSA) is 50.3 Å². The Balaban J connectivity index is 1.54. The molecule has 3 heterocycles. The second kappa shape index (κ2) is 6.70. The van der Waals surface area contributed by atoms with Gasteiger partial charge < -0.3 is 15.0 Å². The number of ether oxygens (including phenoxy) is 1. The Morgan fingerprint density at radius 1 is 1.38 bits per heavy atom. The second-order valence-electron chi connectivity index (χ2n) is 5.66. The monoisotopic (exact) mass is 344 g/mol. The molecule has 0 saturated carbocycles. The largest absolute Gasteiger partial charge is 0.490 e. The van der Waals surface area contributed by atoms with E-state index in [1.54, 1.807) is 24.5 Å². The molecule has 0 spiro atoms. The highest BCUT2D eigenvalue weighted by atomic mass is 32.1. The van der Waals surface area contributed by atoms with Crippen molar-refractivity contribution in [1.29, 1.82) is 0 Å². The number of nitrogens with zero attached hydrogens (tertiary/aromatic N) is 3. The molecule has 1 N–H and O–H groups in total. The van der Waals surface area contributed by atoms with Gasteiger partial charge in [-0.25, -0.2) is 9.37 Å². The van der Waals surface area contributed by atoms with E-state index in [1.165, 1.54) is 17.4 Å². The molecule has 1 aliphatic rings. The van der Waals surface area contributed by atoms with E-state index >= 15 is 0 Å². The van der Waals surface area contributed by atoms with E-state index in [4.69, 9.17) is 4.74 Å². The van der Waals surface area contributed by atoms with Crippen LogP contribution in [0.25, 0.3) is 10.2 Å². The summed E-state index contributed by atoms with van der Waals surface area (Å²) in [6.45, 7) is 3.12. The fourth-order valence-electron chi connectivity index (χ4n) is 2.80. The maximum absolute atomic E-state index is 13.4. The van der Waals surface area contributed by atoms with Crippen LogP contribution in [0.1, 0.15) is 0 Å². The first-order chi connectivity index (χ1) is 11.8. The molecule has 4 rings (SSSR count). The van der Waals surface area contributed by atoms with Gasteiger partial charge in [-0.05, 0) is 30.3 Å². The lowest BCUT2D eigenvalue weighted by Crippen LogP contribution is -2.54. The highest BCUT2D eigenvalue weighted by molar-refractivity contribution is 7.22. The van der Waals surface area contributed by atoms with E-state index in [-0.39, 0.29) is 11.9 Å². The number of rotatable bonds is 4. The van der Waals surface area contributed by atoms with E-state index in [0.29, 0.717) is 6.61 Å². The number of hydrogen-bond acceptors (Lipinski definition) is 6. The molecule has 1 saturated heterocycles. The van der Waals surface area contributed by atoms with Crippen molar-refractivity contribution in [1.82, 2.24) is 15.3 Å². The van der Waals surface area contributed by atoms with Gasteiger partial charge in [0.1, 0.15) is 18.2 Å². The lowest BCUT2D eigenvalue weighted by atomic mass is 10.2. The van der Waals surface area contributed by atoms with Gasteiger partial charge in [0, 0.05) is 25.8 Å². The van der Waals surface area contributed by atoms with E-state index in [0.717, 1.165) is 40.7 Å². The number of fused-ring (bicyclic) bond motifs is 1. The molecule has 1 fully saturated rings. The van der Waals surface area contributed by atoms with Gasteiger partial charge in [0.05, 0.1) is 22.5 Å². The molecule has 5 nitrogen and oxygen atoms in total. The lowest BCUT2D eigenvalue weighted by molar-refractivity contribution is 0.266. The summed E-state index contributed by atoms with van der Waals surface area (Å²) >= 11 is 1.52. The molecule has 1 atom stereocenters. The Labute approximate surface area is 143 Å². The van der Waals surface area contributed by atoms with Crippen LogP contribution in [0, 0.1) is 5.82 Å². The van der Waals surface area contributed by atoms with Crippen LogP contribution in [-0.4, -0.2) is 42.3 Å². The quantitative estimate of drug-likeness (QED) is 0.789. The summed E-state index contributed by atoms with van der Waals surface area (Å²) in [5.41, 5.74) is 0.835. The lowest BCUT2D eigenvalue weighted by Gasteiger charge is -2.35. The Bertz CT molecular complexity index is 826. The van der Waals surface area contributed by atoms with E-state index in [2.05, 4.69) is 20.2 Å². The Kier molecular flexibility index (Phi) is 4.27.